The predicted octanol–water partition coefficient (Wildman–Crippen LogP) is 4.77. The van der Waals surface area contributed by atoms with Crippen molar-refractivity contribution >= 4 is 23.5 Å². The van der Waals surface area contributed by atoms with Crippen molar-refractivity contribution in [3.63, 3.8) is 0 Å². The molecule has 0 bridgehead atoms. The number of benzene rings is 2. The van der Waals surface area contributed by atoms with E-state index in [4.69, 9.17) is 0 Å². The molecule has 0 atom stereocenters. The summed E-state index contributed by atoms with van der Waals surface area (Å²) in [6.45, 7) is 3.63. The molecule has 0 aliphatic carbocycles. The summed E-state index contributed by atoms with van der Waals surface area (Å²) in [5.74, 6) is -0.159. The maximum atomic E-state index is 13.4. The van der Waals surface area contributed by atoms with Crippen molar-refractivity contribution in [1.82, 2.24) is 19.3 Å². The van der Waals surface area contributed by atoms with Crippen LogP contribution in [0.3, 0.4) is 0 Å². The van der Waals surface area contributed by atoms with Crippen molar-refractivity contribution in [1.29, 1.82) is 5.26 Å². The fourth-order valence-electron chi connectivity index (χ4n) is 3.56. The number of nitrogens with zero attached hydrogens (tertiary/aromatic N) is 5. The van der Waals surface area contributed by atoms with Gasteiger partial charge in [0.2, 0.25) is 5.91 Å². The summed E-state index contributed by atoms with van der Waals surface area (Å²) < 4.78 is 30.1. The van der Waals surface area contributed by atoms with E-state index in [9.17, 15) is 18.8 Å². The SMILES string of the molecule is Cc1c(C#N)c(NC(=O)CSc2nnc(-c3ccc(F)cc3)n2C)n(-c2ccc(F)cc2)c1C. The lowest BCUT2D eigenvalue weighted by molar-refractivity contribution is -0.113. The lowest BCUT2D eigenvalue weighted by Crippen LogP contribution is -2.18. The molecule has 7 nitrogen and oxygen atoms in total. The Morgan fingerprint density at radius 1 is 1.06 bits per heavy atom. The highest BCUT2D eigenvalue weighted by molar-refractivity contribution is 7.99. The molecule has 0 saturated heterocycles. The van der Waals surface area contributed by atoms with Crippen molar-refractivity contribution in [2.45, 2.75) is 19.0 Å². The van der Waals surface area contributed by atoms with Gasteiger partial charge in [0.1, 0.15) is 23.5 Å². The van der Waals surface area contributed by atoms with E-state index in [-0.39, 0.29) is 23.3 Å². The summed E-state index contributed by atoms with van der Waals surface area (Å²) in [6, 6.07) is 13.9. The summed E-state index contributed by atoms with van der Waals surface area (Å²) in [4.78, 5) is 12.8. The van der Waals surface area contributed by atoms with E-state index in [0.717, 1.165) is 11.3 Å². The van der Waals surface area contributed by atoms with Gasteiger partial charge in [0, 0.05) is 24.0 Å². The van der Waals surface area contributed by atoms with Gasteiger partial charge in [0.25, 0.3) is 0 Å². The first-order chi connectivity index (χ1) is 16.3. The number of nitrogens with one attached hydrogen (secondary N) is 1. The third kappa shape index (κ3) is 4.43. The monoisotopic (exact) mass is 478 g/mol. The summed E-state index contributed by atoms with van der Waals surface area (Å²) in [7, 11) is 1.76. The van der Waals surface area contributed by atoms with Gasteiger partial charge in [-0.1, -0.05) is 11.8 Å². The van der Waals surface area contributed by atoms with Gasteiger partial charge in [-0.25, -0.2) is 8.78 Å². The van der Waals surface area contributed by atoms with E-state index >= 15 is 0 Å². The lowest BCUT2D eigenvalue weighted by atomic mass is 10.2. The van der Waals surface area contributed by atoms with Gasteiger partial charge >= 0.3 is 0 Å². The maximum absolute atomic E-state index is 13.4. The average Bonchev–Trinajstić information content (AvgIpc) is 3.30. The zero-order chi connectivity index (χ0) is 24.4. The van der Waals surface area contributed by atoms with Crippen LogP contribution in [0.1, 0.15) is 16.8 Å². The van der Waals surface area contributed by atoms with E-state index in [1.54, 1.807) is 47.4 Å². The van der Waals surface area contributed by atoms with E-state index in [0.29, 0.717) is 33.6 Å². The minimum Gasteiger partial charge on any atom is -0.310 e. The van der Waals surface area contributed by atoms with Crippen molar-refractivity contribution in [2.75, 3.05) is 11.1 Å². The lowest BCUT2D eigenvalue weighted by Gasteiger charge is -2.13. The Morgan fingerprint density at radius 2 is 1.68 bits per heavy atom. The van der Waals surface area contributed by atoms with Crippen molar-refractivity contribution < 1.29 is 13.6 Å². The standard InChI is InChI=1S/C24H20F2N6OS/c1-14-15(2)32(19-10-8-18(26)9-11-19)23(20(14)12-27)28-21(33)13-34-24-30-29-22(31(24)3)16-4-6-17(25)7-5-16/h4-11H,13H2,1-3H3,(H,28,33). The fourth-order valence-corrected chi connectivity index (χ4v) is 4.27. The molecule has 2 heterocycles. The van der Waals surface area contributed by atoms with Crippen LogP contribution < -0.4 is 5.32 Å². The number of rotatable bonds is 6. The normalized spacial score (nSPS) is 10.8. The molecule has 0 spiro atoms. The molecule has 172 valence electrons. The molecule has 1 amide bonds. The maximum Gasteiger partial charge on any atom is 0.236 e. The Kier molecular flexibility index (Phi) is 6.47. The van der Waals surface area contributed by atoms with Crippen LogP contribution in [0, 0.1) is 36.8 Å². The van der Waals surface area contributed by atoms with E-state index < -0.39 is 0 Å². The number of carbonyl (C=O) groups is 1. The van der Waals surface area contributed by atoms with Gasteiger partial charge in [-0.05, 0) is 67.9 Å². The number of aromatic nitrogens is 4. The number of amides is 1. The third-order valence-electron chi connectivity index (χ3n) is 5.44. The van der Waals surface area contributed by atoms with E-state index in [2.05, 4.69) is 21.6 Å². The van der Waals surface area contributed by atoms with Crippen LogP contribution in [0.5, 0.6) is 0 Å². The number of carbonyl (C=O) groups excluding carboxylic acids is 1. The highest BCUT2D eigenvalue weighted by Crippen LogP contribution is 2.30. The number of anilines is 1. The average molecular weight is 479 g/mol. The molecule has 4 aromatic rings. The zero-order valence-corrected chi connectivity index (χ0v) is 19.5. The molecule has 1 N–H and O–H groups in total. The molecule has 10 heteroatoms. The summed E-state index contributed by atoms with van der Waals surface area (Å²) in [6.07, 6.45) is 0. The first kappa shape index (κ1) is 23.2. The van der Waals surface area contributed by atoms with Crippen LogP contribution in [0.2, 0.25) is 0 Å². The highest BCUT2D eigenvalue weighted by atomic mass is 32.2. The number of halogens is 2. The molecule has 0 fully saturated rings. The van der Waals surface area contributed by atoms with Gasteiger partial charge in [-0.15, -0.1) is 10.2 Å². The van der Waals surface area contributed by atoms with Crippen LogP contribution in [0.4, 0.5) is 14.6 Å². The number of nitriles is 1. The second-order valence-corrected chi connectivity index (χ2v) is 8.51. The van der Waals surface area contributed by atoms with Crippen molar-refractivity contribution in [3.05, 3.63) is 77.0 Å². The molecule has 34 heavy (non-hydrogen) atoms. The van der Waals surface area contributed by atoms with Gasteiger partial charge in [0.05, 0.1) is 11.3 Å². The number of hydrogen-bond acceptors (Lipinski definition) is 5. The highest BCUT2D eigenvalue weighted by Gasteiger charge is 2.21. The molecular formula is C24H20F2N6OS. The van der Waals surface area contributed by atoms with Crippen LogP contribution in [0.25, 0.3) is 17.1 Å². The summed E-state index contributed by atoms with van der Waals surface area (Å²) >= 11 is 1.18. The molecule has 0 radical (unpaired) electrons. The number of hydrogen-bond donors (Lipinski definition) is 1. The van der Waals surface area contributed by atoms with Gasteiger partial charge in [-0.3, -0.25) is 9.36 Å². The topological polar surface area (TPSA) is 88.5 Å². The van der Waals surface area contributed by atoms with Crippen molar-refractivity contribution in [3.8, 4) is 23.1 Å². The first-order valence-electron chi connectivity index (χ1n) is 10.3. The number of thioether (sulfide) groups is 1. The minimum absolute atomic E-state index is 0.0208. The Bertz CT molecular complexity index is 1400. The van der Waals surface area contributed by atoms with Gasteiger partial charge in [-0.2, -0.15) is 5.26 Å². The Morgan fingerprint density at radius 3 is 2.29 bits per heavy atom. The molecule has 2 aromatic heterocycles. The smallest absolute Gasteiger partial charge is 0.236 e. The Labute approximate surface area is 199 Å². The van der Waals surface area contributed by atoms with Crippen molar-refractivity contribution in [2.24, 2.45) is 7.05 Å². The summed E-state index contributed by atoms with van der Waals surface area (Å²) in [5.41, 5.74) is 3.17. The Balaban J connectivity index is 1.54. The largest absolute Gasteiger partial charge is 0.310 e. The second kappa shape index (κ2) is 9.49. The van der Waals surface area contributed by atoms with Crippen LogP contribution >= 0.6 is 11.8 Å². The molecule has 0 unspecified atom stereocenters. The van der Waals surface area contributed by atoms with Gasteiger partial charge < -0.3 is 9.88 Å². The Hall–Kier alpha value is -3.97. The molecule has 2 aromatic carbocycles. The molecule has 0 saturated carbocycles. The molecular weight excluding hydrogens is 458 g/mol. The van der Waals surface area contributed by atoms with Gasteiger partial charge in [0.15, 0.2) is 11.0 Å². The van der Waals surface area contributed by atoms with E-state index in [1.165, 1.54) is 36.0 Å². The van der Waals surface area contributed by atoms with E-state index in [1.807, 2.05) is 6.92 Å². The summed E-state index contributed by atoms with van der Waals surface area (Å²) in [5, 5.41) is 21.3. The quantitative estimate of drug-likeness (QED) is 0.403. The van der Waals surface area contributed by atoms with Crippen LogP contribution in [-0.4, -0.2) is 31.0 Å². The predicted molar refractivity (Wildman–Crippen MR) is 126 cm³/mol. The zero-order valence-electron chi connectivity index (χ0n) is 18.6. The third-order valence-corrected chi connectivity index (χ3v) is 6.46. The molecule has 4 rings (SSSR count). The van der Waals surface area contributed by atoms with Crippen LogP contribution in [-0.2, 0) is 11.8 Å². The second-order valence-electron chi connectivity index (χ2n) is 7.57. The molecule has 0 aliphatic rings. The molecule has 0 aliphatic heterocycles. The van der Waals surface area contributed by atoms with Crippen LogP contribution in [0.15, 0.2) is 53.7 Å². The minimum atomic E-state index is -0.378. The first-order valence-corrected chi connectivity index (χ1v) is 11.2. The fraction of sp³-hybridized carbons (Fsp3) is 0.167.